The van der Waals surface area contributed by atoms with Crippen molar-refractivity contribution in [3.63, 3.8) is 0 Å². The highest BCUT2D eigenvalue weighted by molar-refractivity contribution is 7.92. The lowest BCUT2D eigenvalue weighted by Crippen LogP contribution is -2.53. The van der Waals surface area contributed by atoms with E-state index >= 15 is 0 Å². The maximum Gasteiger partial charge on any atom is 0.264 e. The number of hydrogen-bond acceptors (Lipinski definition) is 6. The second kappa shape index (κ2) is 15.3. The second-order valence-corrected chi connectivity index (χ2v) is 12.3. The minimum absolute atomic E-state index is 0.0161. The quantitative estimate of drug-likeness (QED) is 0.211. The van der Waals surface area contributed by atoms with Crippen molar-refractivity contribution in [2.24, 2.45) is 0 Å². The van der Waals surface area contributed by atoms with Gasteiger partial charge in [-0.15, -0.1) is 0 Å². The molecule has 0 aliphatic carbocycles. The fraction of sp³-hybridized carbons (Fsp3) is 0.257. The first-order valence-electron chi connectivity index (χ1n) is 14.6. The van der Waals surface area contributed by atoms with Crippen LogP contribution < -0.4 is 19.1 Å². The van der Waals surface area contributed by atoms with Gasteiger partial charge in [0.15, 0.2) is 11.5 Å². The van der Waals surface area contributed by atoms with E-state index in [0.717, 1.165) is 21.0 Å². The normalized spacial score (nSPS) is 11.7. The molecule has 0 unspecified atom stereocenters. The van der Waals surface area contributed by atoms with E-state index in [1.807, 2.05) is 68.4 Å². The maximum atomic E-state index is 14.5. The molecule has 4 aromatic rings. The van der Waals surface area contributed by atoms with E-state index in [9.17, 15) is 18.0 Å². The molecule has 4 aromatic carbocycles. The molecule has 10 heteroatoms. The molecule has 9 nitrogen and oxygen atoms in total. The van der Waals surface area contributed by atoms with Crippen LogP contribution in [0.2, 0.25) is 0 Å². The third-order valence-electron chi connectivity index (χ3n) is 7.32. The number of ether oxygens (including phenoxy) is 2. The number of methoxy groups -OCH3 is 2. The molecule has 0 spiro atoms. The van der Waals surface area contributed by atoms with Crippen LogP contribution in [0.3, 0.4) is 0 Å². The summed E-state index contributed by atoms with van der Waals surface area (Å²) in [7, 11) is -1.30. The molecule has 0 aliphatic rings. The summed E-state index contributed by atoms with van der Waals surface area (Å²) in [6.45, 7) is 3.67. The number of amides is 2. The Kier molecular flexibility index (Phi) is 11.2. The van der Waals surface area contributed by atoms with E-state index in [2.05, 4.69) is 5.32 Å². The Hall–Kier alpha value is -4.83. The molecule has 0 aromatic heterocycles. The third-order valence-corrected chi connectivity index (χ3v) is 9.11. The van der Waals surface area contributed by atoms with E-state index in [-0.39, 0.29) is 29.5 Å². The molecule has 0 saturated carbocycles. The molecule has 236 valence electrons. The lowest BCUT2D eigenvalue weighted by atomic mass is 10.0. The zero-order valence-corrected chi connectivity index (χ0v) is 26.8. The number of hydrogen-bond donors (Lipinski definition) is 1. The highest BCUT2D eigenvalue weighted by atomic mass is 32.2. The first kappa shape index (κ1) is 33.1. The molecular weight excluding hydrogens is 590 g/mol. The van der Waals surface area contributed by atoms with E-state index in [1.54, 1.807) is 30.3 Å². The van der Waals surface area contributed by atoms with Crippen LogP contribution in [0, 0.1) is 6.92 Å². The number of anilines is 1. The summed E-state index contributed by atoms with van der Waals surface area (Å²) in [4.78, 5) is 29.6. The molecule has 1 atom stereocenters. The molecule has 4 rings (SSSR count). The molecule has 2 amide bonds. The summed E-state index contributed by atoms with van der Waals surface area (Å²) in [5.41, 5.74) is 2.88. The van der Waals surface area contributed by atoms with E-state index in [4.69, 9.17) is 9.47 Å². The zero-order valence-electron chi connectivity index (χ0n) is 26.0. The van der Waals surface area contributed by atoms with Crippen molar-refractivity contribution in [2.45, 2.75) is 37.8 Å². The first-order chi connectivity index (χ1) is 21.7. The highest BCUT2D eigenvalue weighted by Gasteiger charge is 2.34. The monoisotopic (exact) mass is 629 g/mol. The minimum atomic E-state index is -4.23. The van der Waals surface area contributed by atoms with E-state index < -0.39 is 28.5 Å². The SMILES string of the molecule is CCNC(=O)[C@@H](Cc1ccccc1)N(Cc1cccc(C)c1)C(=O)CN(c1ccc(OC)c(OC)c1)S(=O)(=O)c1ccccc1. The van der Waals surface area contributed by atoms with Crippen LogP contribution in [0.4, 0.5) is 5.69 Å². The van der Waals surface area contributed by atoms with Gasteiger partial charge in [-0.05, 0) is 49.2 Å². The van der Waals surface area contributed by atoms with E-state index in [1.165, 1.54) is 37.3 Å². The number of nitrogens with one attached hydrogen (secondary N) is 1. The summed E-state index contributed by atoms with van der Waals surface area (Å²) >= 11 is 0. The van der Waals surface area contributed by atoms with Crippen LogP contribution in [-0.2, 0) is 32.6 Å². The van der Waals surface area contributed by atoms with Gasteiger partial charge < -0.3 is 19.7 Å². The average Bonchev–Trinajstić information content (AvgIpc) is 3.05. The third kappa shape index (κ3) is 8.21. The molecule has 0 radical (unpaired) electrons. The Morgan fingerprint density at radius 2 is 1.44 bits per heavy atom. The fourth-order valence-corrected chi connectivity index (χ4v) is 6.51. The van der Waals surface area contributed by atoms with E-state index in [0.29, 0.717) is 18.0 Å². The standard InChI is InChI=1S/C35H39N3O6S/c1-5-36-35(40)31(22-27-14-8-6-9-15-27)37(24-28-16-12-13-26(2)21-28)34(39)25-38(45(41,42)30-17-10-7-11-18-30)29-19-20-32(43-3)33(23-29)44-4/h6-21,23,31H,5,22,24-25H2,1-4H3,(H,36,40)/t31-/m1/s1. The van der Waals surface area contributed by atoms with Gasteiger partial charge in [-0.3, -0.25) is 13.9 Å². The summed E-state index contributed by atoms with van der Waals surface area (Å²) in [6.07, 6.45) is 0.242. The summed E-state index contributed by atoms with van der Waals surface area (Å²) in [6, 6.07) is 28.8. The van der Waals surface area contributed by atoms with Gasteiger partial charge in [-0.25, -0.2) is 8.42 Å². The smallest absolute Gasteiger partial charge is 0.264 e. The van der Waals surface area contributed by atoms with Gasteiger partial charge in [0.05, 0.1) is 24.8 Å². The van der Waals surface area contributed by atoms with Crippen LogP contribution in [0.25, 0.3) is 0 Å². The number of carbonyl (C=O) groups excluding carboxylic acids is 2. The maximum absolute atomic E-state index is 14.5. The van der Waals surface area contributed by atoms with Crippen LogP contribution in [0.1, 0.15) is 23.6 Å². The number of aryl methyl sites for hydroxylation is 1. The molecule has 0 saturated heterocycles. The number of benzene rings is 4. The Morgan fingerprint density at radius 1 is 0.800 bits per heavy atom. The van der Waals surface area contributed by atoms with Crippen LogP contribution in [0.15, 0.2) is 108 Å². The van der Waals surface area contributed by atoms with Crippen LogP contribution in [-0.4, -0.2) is 58.5 Å². The molecule has 45 heavy (non-hydrogen) atoms. The van der Waals surface area contributed by atoms with Crippen LogP contribution in [0.5, 0.6) is 11.5 Å². The van der Waals surface area contributed by atoms with Crippen molar-refractivity contribution in [3.05, 3.63) is 120 Å². The van der Waals surface area contributed by atoms with Gasteiger partial charge in [0.1, 0.15) is 12.6 Å². The van der Waals surface area contributed by atoms with Crippen molar-refractivity contribution in [3.8, 4) is 11.5 Å². The summed E-state index contributed by atoms with van der Waals surface area (Å²) in [5, 5.41) is 2.87. The lowest BCUT2D eigenvalue weighted by Gasteiger charge is -2.34. The lowest BCUT2D eigenvalue weighted by molar-refractivity contribution is -0.140. The van der Waals surface area contributed by atoms with Gasteiger partial charge in [0, 0.05) is 25.6 Å². The first-order valence-corrected chi connectivity index (χ1v) is 16.1. The molecular formula is C35H39N3O6S. The summed E-state index contributed by atoms with van der Waals surface area (Å²) < 4.78 is 40.2. The average molecular weight is 630 g/mol. The van der Waals surface area contributed by atoms with Crippen molar-refractivity contribution < 1.29 is 27.5 Å². The van der Waals surface area contributed by atoms with Crippen molar-refractivity contribution >= 4 is 27.5 Å². The molecule has 0 bridgehead atoms. The highest BCUT2D eigenvalue weighted by Crippen LogP contribution is 2.34. The molecule has 0 heterocycles. The van der Waals surface area contributed by atoms with Crippen molar-refractivity contribution in [2.75, 3.05) is 31.6 Å². The number of likely N-dealkylation sites (N-methyl/N-ethyl adjacent to an activating group) is 1. The number of nitrogens with zero attached hydrogens (tertiary/aromatic N) is 2. The largest absolute Gasteiger partial charge is 0.493 e. The number of carbonyl (C=O) groups is 2. The Labute approximate surface area is 265 Å². The molecule has 1 N–H and O–H groups in total. The minimum Gasteiger partial charge on any atom is -0.493 e. The Balaban J connectivity index is 1.83. The topological polar surface area (TPSA) is 105 Å². The van der Waals surface area contributed by atoms with Gasteiger partial charge in [-0.2, -0.15) is 0 Å². The molecule has 0 fully saturated rings. The summed E-state index contributed by atoms with van der Waals surface area (Å²) in [5.74, 6) is -0.162. The fourth-order valence-electron chi connectivity index (χ4n) is 5.08. The Morgan fingerprint density at radius 3 is 2.07 bits per heavy atom. The van der Waals surface area contributed by atoms with Gasteiger partial charge in [-0.1, -0.05) is 78.4 Å². The predicted molar refractivity (Wildman–Crippen MR) is 175 cm³/mol. The van der Waals surface area contributed by atoms with Crippen molar-refractivity contribution in [1.82, 2.24) is 10.2 Å². The van der Waals surface area contributed by atoms with Gasteiger partial charge in [0.25, 0.3) is 10.0 Å². The number of sulfonamides is 1. The van der Waals surface area contributed by atoms with Crippen LogP contribution >= 0.6 is 0 Å². The number of rotatable bonds is 14. The zero-order chi connectivity index (χ0) is 32.4. The van der Waals surface area contributed by atoms with Gasteiger partial charge in [0.2, 0.25) is 11.8 Å². The second-order valence-electron chi connectivity index (χ2n) is 10.5. The molecule has 0 aliphatic heterocycles. The van der Waals surface area contributed by atoms with Gasteiger partial charge >= 0.3 is 0 Å². The van der Waals surface area contributed by atoms with Crippen molar-refractivity contribution in [1.29, 1.82) is 0 Å². The predicted octanol–water partition coefficient (Wildman–Crippen LogP) is 4.98. The Bertz CT molecular complexity index is 1700.